The highest BCUT2D eigenvalue weighted by Gasteiger charge is 2.07. The smallest absolute Gasteiger partial charge is 0.271 e. The molecule has 1 amide bonds. The number of nitrogens with one attached hydrogen (secondary N) is 1. The van der Waals surface area contributed by atoms with E-state index in [1.807, 2.05) is 0 Å². The quantitative estimate of drug-likeness (QED) is 0.655. The molecule has 4 nitrogen and oxygen atoms in total. The van der Waals surface area contributed by atoms with E-state index in [1.165, 1.54) is 12.3 Å². The second-order valence-electron chi connectivity index (χ2n) is 4.83. The average Bonchev–Trinajstić information content (AvgIpc) is 2.47. The minimum atomic E-state index is -0.387. The summed E-state index contributed by atoms with van der Waals surface area (Å²) in [5.74, 6) is -0.126. The zero-order chi connectivity index (χ0) is 16.3. The van der Waals surface area contributed by atoms with Gasteiger partial charge in [0, 0.05) is 5.56 Å². The van der Waals surface area contributed by atoms with Crippen LogP contribution in [0.25, 0.3) is 0 Å². The van der Waals surface area contributed by atoms with Gasteiger partial charge in [0.05, 0.1) is 16.3 Å². The molecule has 0 radical (unpaired) electrons. The Labute approximate surface area is 138 Å². The molecule has 6 heteroatoms. The molecule has 2 rings (SSSR count). The number of aryl methyl sites for hydroxylation is 2. The van der Waals surface area contributed by atoms with E-state index < -0.39 is 0 Å². The Kier molecular flexibility index (Phi) is 5.06. The van der Waals surface area contributed by atoms with Gasteiger partial charge in [-0.2, -0.15) is 5.10 Å². The van der Waals surface area contributed by atoms with Gasteiger partial charge in [0.25, 0.3) is 5.91 Å². The van der Waals surface area contributed by atoms with Crippen LogP contribution < -0.4 is 5.43 Å². The molecule has 0 atom stereocenters. The van der Waals surface area contributed by atoms with Crippen LogP contribution in [0.15, 0.2) is 35.4 Å². The summed E-state index contributed by atoms with van der Waals surface area (Å²) in [5, 5.41) is 14.3. The first-order valence-electron chi connectivity index (χ1n) is 6.47. The summed E-state index contributed by atoms with van der Waals surface area (Å²) >= 11 is 11.7. The summed E-state index contributed by atoms with van der Waals surface area (Å²) in [6.45, 7) is 3.60. The van der Waals surface area contributed by atoms with Gasteiger partial charge >= 0.3 is 0 Å². The van der Waals surface area contributed by atoms with Crippen molar-refractivity contribution < 1.29 is 9.90 Å². The van der Waals surface area contributed by atoms with Crippen LogP contribution in [0.3, 0.4) is 0 Å². The van der Waals surface area contributed by atoms with Crippen LogP contribution in [0, 0.1) is 13.8 Å². The summed E-state index contributed by atoms with van der Waals surface area (Å²) in [7, 11) is 0. The van der Waals surface area contributed by atoms with Gasteiger partial charge in [-0.05, 0) is 60.9 Å². The molecule has 2 aromatic carbocycles. The molecule has 0 aliphatic heterocycles. The number of carbonyl (C=O) groups excluding carboxylic acids is 1. The lowest BCUT2D eigenvalue weighted by Crippen LogP contribution is -2.17. The minimum Gasteiger partial charge on any atom is -0.507 e. The Hall–Kier alpha value is -2.04. The number of carbonyl (C=O) groups is 1. The molecule has 0 unspecified atom stereocenters. The normalized spacial score (nSPS) is 10.9. The predicted octanol–water partition coefficient (Wildman–Crippen LogP) is 4.08. The molecular formula is C16H14Cl2N2O2. The first-order valence-corrected chi connectivity index (χ1v) is 7.22. The van der Waals surface area contributed by atoms with Gasteiger partial charge in [0.1, 0.15) is 5.75 Å². The first-order chi connectivity index (χ1) is 10.4. The maximum absolute atomic E-state index is 11.9. The molecule has 0 spiro atoms. The van der Waals surface area contributed by atoms with Crippen molar-refractivity contribution in [1.82, 2.24) is 5.43 Å². The molecule has 2 aromatic rings. The van der Waals surface area contributed by atoms with E-state index in [0.717, 1.165) is 16.7 Å². The van der Waals surface area contributed by atoms with E-state index in [4.69, 9.17) is 23.2 Å². The van der Waals surface area contributed by atoms with Crippen molar-refractivity contribution >= 4 is 35.3 Å². The van der Waals surface area contributed by atoms with Gasteiger partial charge in [0.2, 0.25) is 0 Å². The Morgan fingerprint density at radius 3 is 2.36 bits per heavy atom. The Morgan fingerprint density at radius 2 is 1.77 bits per heavy atom. The van der Waals surface area contributed by atoms with Crippen LogP contribution in [0.1, 0.15) is 27.0 Å². The third kappa shape index (κ3) is 3.78. The van der Waals surface area contributed by atoms with Gasteiger partial charge < -0.3 is 5.11 Å². The molecule has 2 N–H and O–H groups in total. The molecule has 0 aromatic heterocycles. The fourth-order valence-corrected chi connectivity index (χ4v) is 2.23. The number of aromatic hydroxyl groups is 1. The molecule has 0 aliphatic carbocycles. The van der Waals surface area contributed by atoms with Crippen LogP contribution >= 0.6 is 23.2 Å². The van der Waals surface area contributed by atoms with Crippen LogP contribution in [0.2, 0.25) is 10.0 Å². The number of hydrogen-bond donors (Lipinski definition) is 2. The number of phenols is 1. The summed E-state index contributed by atoms with van der Waals surface area (Å²) in [6, 6.07) is 8.14. The summed E-state index contributed by atoms with van der Waals surface area (Å²) in [5.41, 5.74) is 5.05. The summed E-state index contributed by atoms with van der Waals surface area (Å²) in [6.07, 6.45) is 1.51. The van der Waals surface area contributed by atoms with Crippen molar-refractivity contribution in [1.29, 1.82) is 0 Å². The fourth-order valence-electron chi connectivity index (χ4n) is 1.93. The molecule has 0 fully saturated rings. The van der Waals surface area contributed by atoms with E-state index in [0.29, 0.717) is 15.6 Å². The second-order valence-corrected chi connectivity index (χ2v) is 5.65. The largest absolute Gasteiger partial charge is 0.507 e. The Morgan fingerprint density at radius 1 is 1.14 bits per heavy atom. The van der Waals surface area contributed by atoms with E-state index >= 15 is 0 Å². The number of nitrogens with zero attached hydrogens (tertiary/aromatic N) is 1. The number of phenolic OH excluding ortho intramolecular Hbond substituents is 1. The van der Waals surface area contributed by atoms with Crippen LogP contribution in [0.5, 0.6) is 5.75 Å². The molecule has 0 aliphatic rings. The molecule has 0 heterocycles. The predicted molar refractivity (Wildman–Crippen MR) is 89.1 cm³/mol. The van der Waals surface area contributed by atoms with Crippen LogP contribution in [0.4, 0.5) is 0 Å². The van der Waals surface area contributed by atoms with Gasteiger partial charge in [-0.1, -0.05) is 23.2 Å². The lowest BCUT2D eigenvalue weighted by atomic mass is 10.1. The van der Waals surface area contributed by atoms with Crippen molar-refractivity contribution in [3.8, 4) is 5.75 Å². The number of rotatable bonds is 3. The average molecular weight is 337 g/mol. The number of hydrazone groups is 1. The number of halogens is 2. The fraction of sp³-hybridized carbons (Fsp3) is 0.125. The second kappa shape index (κ2) is 6.81. The van der Waals surface area contributed by atoms with E-state index in [9.17, 15) is 9.90 Å². The van der Waals surface area contributed by atoms with Gasteiger partial charge in [-0.25, -0.2) is 5.43 Å². The molecular weight excluding hydrogens is 323 g/mol. The van der Waals surface area contributed by atoms with Gasteiger partial charge in [-0.15, -0.1) is 0 Å². The maximum atomic E-state index is 11.9. The van der Waals surface area contributed by atoms with Crippen molar-refractivity contribution in [3.63, 3.8) is 0 Å². The molecule has 0 bridgehead atoms. The van der Waals surface area contributed by atoms with E-state index in [1.54, 1.807) is 38.1 Å². The van der Waals surface area contributed by atoms with E-state index in [-0.39, 0.29) is 11.7 Å². The number of amides is 1. The monoisotopic (exact) mass is 336 g/mol. The highest BCUT2D eigenvalue weighted by atomic mass is 35.5. The third-order valence-corrected chi connectivity index (χ3v) is 3.81. The molecule has 114 valence electrons. The summed E-state index contributed by atoms with van der Waals surface area (Å²) in [4.78, 5) is 11.9. The van der Waals surface area contributed by atoms with Crippen LogP contribution in [-0.4, -0.2) is 17.2 Å². The lowest BCUT2D eigenvalue weighted by Gasteiger charge is -2.05. The summed E-state index contributed by atoms with van der Waals surface area (Å²) < 4.78 is 0. The Balaban J connectivity index is 2.09. The first kappa shape index (κ1) is 16.3. The third-order valence-electron chi connectivity index (χ3n) is 3.07. The highest BCUT2D eigenvalue weighted by Crippen LogP contribution is 2.23. The maximum Gasteiger partial charge on any atom is 0.271 e. The molecule has 22 heavy (non-hydrogen) atoms. The Bertz CT molecular complexity index is 735. The van der Waals surface area contributed by atoms with Crippen molar-refractivity contribution in [2.24, 2.45) is 5.10 Å². The van der Waals surface area contributed by atoms with E-state index in [2.05, 4.69) is 10.5 Å². The zero-order valence-electron chi connectivity index (χ0n) is 12.0. The topological polar surface area (TPSA) is 61.7 Å². The van der Waals surface area contributed by atoms with Crippen molar-refractivity contribution in [2.75, 3.05) is 0 Å². The highest BCUT2D eigenvalue weighted by molar-refractivity contribution is 6.42. The van der Waals surface area contributed by atoms with Crippen molar-refractivity contribution in [3.05, 3.63) is 62.6 Å². The standard InChI is InChI=1S/C16H14Cl2N2O2/c1-9-5-11(6-10(2)15(9)21)8-19-20-16(22)12-3-4-13(17)14(18)7-12/h3-8,21H,1-2H3,(H,20,22)/b19-8+. The number of benzene rings is 2. The lowest BCUT2D eigenvalue weighted by molar-refractivity contribution is 0.0955. The van der Waals surface area contributed by atoms with Gasteiger partial charge in [0.15, 0.2) is 0 Å². The van der Waals surface area contributed by atoms with Gasteiger partial charge in [-0.3, -0.25) is 4.79 Å². The van der Waals surface area contributed by atoms with Crippen molar-refractivity contribution in [2.45, 2.75) is 13.8 Å². The molecule has 0 saturated heterocycles. The number of hydrogen-bond acceptors (Lipinski definition) is 3. The zero-order valence-corrected chi connectivity index (χ0v) is 13.5. The van der Waals surface area contributed by atoms with Crippen LogP contribution in [-0.2, 0) is 0 Å². The minimum absolute atomic E-state index is 0.261. The molecule has 0 saturated carbocycles. The SMILES string of the molecule is Cc1cc(/C=N/NC(=O)c2ccc(Cl)c(Cl)c2)cc(C)c1O.